The summed E-state index contributed by atoms with van der Waals surface area (Å²) in [5.74, 6) is 1.56. The fraction of sp³-hybridized carbons (Fsp3) is 0.625. The average Bonchev–Trinajstić information content (AvgIpc) is 2.64. The summed E-state index contributed by atoms with van der Waals surface area (Å²) in [5, 5.41) is 0. The van der Waals surface area contributed by atoms with E-state index < -0.39 is 0 Å². The number of nitrogens with zero attached hydrogens (tertiary/aromatic N) is 1. The molecule has 0 amide bonds. The molecule has 1 aromatic carbocycles. The molecule has 0 spiro atoms. The molecule has 0 aliphatic carbocycles. The second-order valence-electron chi connectivity index (χ2n) is 5.97. The van der Waals surface area contributed by atoms with E-state index in [9.17, 15) is 0 Å². The van der Waals surface area contributed by atoms with E-state index in [0.717, 1.165) is 11.8 Å². The van der Waals surface area contributed by atoms with Gasteiger partial charge >= 0.3 is 0 Å². The van der Waals surface area contributed by atoms with Gasteiger partial charge in [-0.15, -0.1) is 0 Å². The van der Waals surface area contributed by atoms with Crippen molar-refractivity contribution in [3.05, 3.63) is 34.9 Å². The number of hydrogen-bond donors (Lipinski definition) is 1. The second-order valence-corrected chi connectivity index (χ2v) is 5.97. The van der Waals surface area contributed by atoms with Crippen LogP contribution >= 0.6 is 0 Å². The maximum atomic E-state index is 6.07. The predicted octanol–water partition coefficient (Wildman–Crippen LogP) is 2.89. The van der Waals surface area contributed by atoms with Gasteiger partial charge in [-0.3, -0.25) is 4.90 Å². The fourth-order valence-corrected chi connectivity index (χ4v) is 3.23. The summed E-state index contributed by atoms with van der Waals surface area (Å²) in [7, 11) is 0. The van der Waals surface area contributed by atoms with E-state index in [0.29, 0.717) is 12.6 Å². The molecule has 2 heteroatoms. The molecule has 1 fully saturated rings. The van der Waals surface area contributed by atoms with Crippen molar-refractivity contribution in [2.45, 2.75) is 33.7 Å². The molecule has 1 aliphatic heterocycles. The topological polar surface area (TPSA) is 29.3 Å². The standard InChI is InChI=1S/C16H26N2/c1-11-6-5-7-12(2)16(11)15(8-17)18-9-13(3)14(4)10-18/h5-7,13-15H,8-10,17H2,1-4H3. The Bertz CT molecular complexity index is 383. The lowest BCUT2D eigenvalue weighted by atomic mass is 9.95. The molecule has 3 atom stereocenters. The first-order valence-corrected chi connectivity index (χ1v) is 7.04. The normalized spacial score (nSPS) is 26.5. The minimum atomic E-state index is 0.388. The van der Waals surface area contributed by atoms with E-state index in [1.54, 1.807) is 0 Å². The molecular weight excluding hydrogens is 220 g/mol. The first kappa shape index (κ1) is 13.6. The Labute approximate surface area is 111 Å². The summed E-state index contributed by atoms with van der Waals surface area (Å²) in [5.41, 5.74) is 10.3. The minimum absolute atomic E-state index is 0.388. The zero-order valence-electron chi connectivity index (χ0n) is 12.1. The van der Waals surface area contributed by atoms with Crippen molar-refractivity contribution < 1.29 is 0 Å². The Morgan fingerprint density at radius 1 is 1.17 bits per heavy atom. The van der Waals surface area contributed by atoms with Crippen molar-refractivity contribution >= 4 is 0 Å². The molecule has 0 aromatic heterocycles. The van der Waals surface area contributed by atoms with Crippen LogP contribution in [0.15, 0.2) is 18.2 Å². The zero-order chi connectivity index (χ0) is 13.3. The van der Waals surface area contributed by atoms with E-state index in [1.807, 2.05) is 0 Å². The number of rotatable bonds is 3. The summed E-state index contributed by atoms with van der Waals surface area (Å²) in [4.78, 5) is 2.57. The highest BCUT2D eigenvalue weighted by molar-refractivity contribution is 5.36. The maximum absolute atomic E-state index is 6.07. The van der Waals surface area contributed by atoms with E-state index in [-0.39, 0.29) is 0 Å². The van der Waals surface area contributed by atoms with Crippen LogP contribution in [0.5, 0.6) is 0 Å². The van der Waals surface area contributed by atoms with Gasteiger partial charge in [0.15, 0.2) is 0 Å². The van der Waals surface area contributed by atoms with Gasteiger partial charge in [-0.05, 0) is 42.4 Å². The molecule has 0 bridgehead atoms. The van der Waals surface area contributed by atoms with Gasteiger partial charge in [0, 0.05) is 25.7 Å². The maximum Gasteiger partial charge on any atom is 0.0475 e. The van der Waals surface area contributed by atoms with Crippen LogP contribution in [0, 0.1) is 25.7 Å². The van der Waals surface area contributed by atoms with Crippen molar-refractivity contribution in [2.24, 2.45) is 17.6 Å². The highest BCUT2D eigenvalue weighted by atomic mass is 15.2. The van der Waals surface area contributed by atoms with Gasteiger partial charge < -0.3 is 5.73 Å². The van der Waals surface area contributed by atoms with Crippen LogP contribution in [-0.2, 0) is 0 Å². The molecular formula is C16H26N2. The van der Waals surface area contributed by atoms with Crippen LogP contribution in [0.4, 0.5) is 0 Å². The molecule has 2 nitrogen and oxygen atoms in total. The highest BCUT2D eigenvalue weighted by Crippen LogP contribution is 2.32. The molecule has 0 saturated carbocycles. The van der Waals surface area contributed by atoms with Crippen LogP contribution in [0.2, 0.25) is 0 Å². The van der Waals surface area contributed by atoms with E-state index in [4.69, 9.17) is 5.73 Å². The van der Waals surface area contributed by atoms with Crippen molar-refractivity contribution in [3.63, 3.8) is 0 Å². The summed E-state index contributed by atoms with van der Waals surface area (Å²) in [6.45, 7) is 12.2. The molecule has 0 radical (unpaired) electrons. The second kappa shape index (κ2) is 5.41. The highest BCUT2D eigenvalue weighted by Gasteiger charge is 2.32. The van der Waals surface area contributed by atoms with E-state index >= 15 is 0 Å². The van der Waals surface area contributed by atoms with Crippen LogP contribution < -0.4 is 5.73 Å². The molecule has 100 valence electrons. The van der Waals surface area contributed by atoms with Crippen LogP contribution in [-0.4, -0.2) is 24.5 Å². The lowest BCUT2D eigenvalue weighted by Gasteiger charge is -2.29. The summed E-state index contributed by atoms with van der Waals surface area (Å²) < 4.78 is 0. The third-order valence-corrected chi connectivity index (χ3v) is 4.56. The summed E-state index contributed by atoms with van der Waals surface area (Å²) in [6, 6.07) is 6.93. The van der Waals surface area contributed by atoms with Crippen molar-refractivity contribution in [3.8, 4) is 0 Å². The van der Waals surface area contributed by atoms with Crippen molar-refractivity contribution in [1.82, 2.24) is 4.90 Å². The van der Waals surface area contributed by atoms with Crippen LogP contribution in [0.3, 0.4) is 0 Å². The Balaban J connectivity index is 2.29. The molecule has 1 aliphatic rings. The molecule has 1 saturated heterocycles. The Morgan fingerprint density at radius 3 is 2.11 bits per heavy atom. The van der Waals surface area contributed by atoms with Gasteiger partial charge in [0.1, 0.15) is 0 Å². The molecule has 3 unspecified atom stereocenters. The third-order valence-electron chi connectivity index (χ3n) is 4.56. The summed E-state index contributed by atoms with van der Waals surface area (Å²) in [6.07, 6.45) is 0. The van der Waals surface area contributed by atoms with Gasteiger partial charge in [-0.2, -0.15) is 0 Å². The first-order chi connectivity index (χ1) is 8.54. The zero-order valence-corrected chi connectivity index (χ0v) is 12.1. The van der Waals surface area contributed by atoms with Crippen molar-refractivity contribution in [1.29, 1.82) is 0 Å². The Kier molecular flexibility index (Phi) is 4.08. The van der Waals surface area contributed by atoms with Crippen LogP contribution in [0.1, 0.15) is 36.6 Å². The number of hydrogen-bond acceptors (Lipinski definition) is 2. The Morgan fingerprint density at radius 2 is 1.67 bits per heavy atom. The van der Waals surface area contributed by atoms with Crippen molar-refractivity contribution in [2.75, 3.05) is 19.6 Å². The SMILES string of the molecule is Cc1cccc(C)c1C(CN)N1CC(C)C(C)C1. The molecule has 1 heterocycles. The molecule has 18 heavy (non-hydrogen) atoms. The monoisotopic (exact) mass is 246 g/mol. The van der Waals surface area contributed by atoms with E-state index in [1.165, 1.54) is 29.8 Å². The minimum Gasteiger partial charge on any atom is -0.329 e. The summed E-state index contributed by atoms with van der Waals surface area (Å²) >= 11 is 0. The molecule has 1 aromatic rings. The van der Waals surface area contributed by atoms with Gasteiger partial charge in [-0.25, -0.2) is 0 Å². The lowest BCUT2D eigenvalue weighted by molar-refractivity contribution is 0.238. The largest absolute Gasteiger partial charge is 0.329 e. The number of nitrogens with two attached hydrogens (primary N) is 1. The lowest BCUT2D eigenvalue weighted by Crippen LogP contribution is -2.33. The fourth-order valence-electron chi connectivity index (χ4n) is 3.23. The smallest absolute Gasteiger partial charge is 0.0475 e. The van der Waals surface area contributed by atoms with Crippen LogP contribution in [0.25, 0.3) is 0 Å². The van der Waals surface area contributed by atoms with E-state index in [2.05, 4.69) is 50.8 Å². The average molecular weight is 246 g/mol. The van der Waals surface area contributed by atoms with Gasteiger partial charge in [0.2, 0.25) is 0 Å². The predicted molar refractivity (Wildman–Crippen MR) is 77.6 cm³/mol. The number of benzene rings is 1. The molecule has 2 N–H and O–H groups in total. The third kappa shape index (κ3) is 2.45. The van der Waals surface area contributed by atoms with Gasteiger partial charge in [0.05, 0.1) is 0 Å². The number of likely N-dealkylation sites (tertiary alicyclic amines) is 1. The molecule has 2 rings (SSSR count). The Hall–Kier alpha value is -0.860. The first-order valence-electron chi connectivity index (χ1n) is 7.04. The number of aryl methyl sites for hydroxylation is 2. The van der Waals surface area contributed by atoms with Gasteiger partial charge in [-0.1, -0.05) is 32.0 Å². The quantitative estimate of drug-likeness (QED) is 0.888. The van der Waals surface area contributed by atoms with Gasteiger partial charge in [0.25, 0.3) is 0 Å².